The molecule has 0 saturated carbocycles. The van der Waals surface area contributed by atoms with Gasteiger partial charge >= 0.3 is 0 Å². The number of para-hydroxylation sites is 1. The van der Waals surface area contributed by atoms with Crippen molar-refractivity contribution in [2.24, 2.45) is 0 Å². The van der Waals surface area contributed by atoms with Gasteiger partial charge in [0.05, 0.1) is 5.02 Å². The zero-order valence-electron chi connectivity index (χ0n) is 13.8. The van der Waals surface area contributed by atoms with E-state index in [4.69, 9.17) is 16.3 Å². The number of hydrogen-bond donors (Lipinski definition) is 1. The van der Waals surface area contributed by atoms with E-state index in [2.05, 4.69) is 26.1 Å². The van der Waals surface area contributed by atoms with Gasteiger partial charge in [0, 0.05) is 23.2 Å². The first-order valence-corrected chi connectivity index (χ1v) is 8.19. The van der Waals surface area contributed by atoms with Crippen molar-refractivity contribution in [2.45, 2.75) is 45.9 Å². The Hall–Kier alpha value is -1.58. The first-order chi connectivity index (χ1) is 10.9. The van der Waals surface area contributed by atoms with E-state index in [1.807, 2.05) is 24.3 Å². The summed E-state index contributed by atoms with van der Waals surface area (Å²) in [5.74, 6) is 0.395. The first-order valence-electron chi connectivity index (χ1n) is 7.81. The standard InChI is InChI=1S/C19H23ClFNO/c1-4-19(2,3)22-12-14-8-5-6-11-18(14)23-13-15-16(20)9-7-10-17(15)21/h5-11,22H,4,12-13H2,1-3H3. The van der Waals surface area contributed by atoms with Gasteiger partial charge in [-0.05, 0) is 38.5 Å². The Bertz CT molecular complexity index is 637. The van der Waals surface area contributed by atoms with E-state index >= 15 is 0 Å². The summed E-state index contributed by atoms with van der Waals surface area (Å²) >= 11 is 6.04. The van der Waals surface area contributed by atoms with Gasteiger partial charge in [0.1, 0.15) is 18.2 Å². The van der Waals surface area contributed by atoms with Crippen LogP contribution in [0.2, 0.25) is 5.02 Å². The minimum atomic E-state index is -0.347. The molecule has 0 aliphatic rings. The van der Waals surface area contributed by atoms with Gasteiger partial charge in [0.25, 0.3) is 0 Å². The quantitative estimate of drug-likeness (QED) is 0.737. The van der Waals surface area contributed by atoms with Crippen molar-refractivity contribution in [1.29, 1.82) is 0 Å². The van der Waals surface area contributed by atoms with Crippen LogP contribution < -0.4 is 10.1 Å². The zero-order chi connectivity index (χ0) is 16.9. The monoisotopic (exact) mass is 335 g/mol. The smallest absolute Gasteiger partial charge is 0.131 e. The van der Waals surface area contributed by atoms with E-state index in [1.165, 1.54) is 6.07 Å². The van der Waals surface area contributed by atoms with Crippen molar-refractivity contribution in [1.82, 2.24) is 5.32 Å². The summed E-state index contributed by atoms with van der Waals surface area (Å²) in [6.45, 7) is 7.28. The van der Waals surface area contributed by atoms with Gasteiger partial charge in [-0.3, -0.25) is 0 Å². The molecule has 2 aromatic rings. The fourth-order valence-corrected chi connectivity index (χ4v) is 2.29. The third-order valence-electron chi connectivity index (χ3n) is 4.05. The predicted octanol–water partition coefficient (Wildman–Crippen LogP) is 5.34. The van der Waals surface area contributed by atoms with Crippen LogP contribution in [0.15, 0.2) is 42.5 Å². The lowest BCUT2D eigenvalue weighted by Gasteiger charge is -2.25. The van der Waals surface area contributed by atoms with Crippen molar-refractivity contribution < 1.29 is 9.13 Å². The second-order valence-electron chi connectivity index (χ2n) is 6.19. The van der Waals surface area contributed by atoms with Gasteiger partial charge in [-0.15, -0.1) is 0 Å². The summed E-state index contributed by atoms with van der Waals surface area (Å²) in [5.41, 5.74) is 1.48. The highest BCUT2D eigenvalue weighted by molar-refractivity contribution is 6.31. The molecule has 0 radical (unpaired) electrons. The maximum atomic E-state index is 13.8. The highest BCUT2D eigenvalue weighted by Crippen LogP contribution is 2.24. The van der Waals surface area contributed by atoms with Crippen molar-refractivity contribution in [3.8, 4) is 5.75 Å². The minimum Gasteiger partial charge on any atom is -0.488 e. The third kappa shape index (κ3) is 4.95. The summed E-state index contributed by atoms with van der Waals surface area (Å²) < 4.78 is 19.6. The Morgan fingerprint density at radius 2 is 1.87 bits per heavy atom. The molecule has 0 bridgehead atoms. The second kappa shape index (κ2) is 7.80. The average molecular weight is 336 g/mol. The highest BCUT2D eigenvalue weighted by Gasteiger charge is 2.15. The molecule has 0 aliphatic carbocycles. The molecule has 2 rings (SSSR count). The molecule has 0 spiro atoms. The predicted molar refractivity (Wildman–Crippen MR) is 93.4 cm³/mol. The van der Waals surface area contributed by atoms with Crippen molar-refractivity contribution in [3.63, 3.8) is 0 Å². The molecule has 4 heteroatoms. The average Bonchev–Trinajstić information content (AvgIpc) is 2.53. The van der Waals surface area contributed by atoms with Crippen molar-refractivity contribution >= 4 is 11.6 Å². The summed E-state index contributed by atoms with van der Waals surface area (Å²) in [4.78, 5) is 0. The van der Waals surface area contributed by atoms with Crippen LogP contribution in [0.5, 0.6) is 5.75 Å². The van der Waals surface area contributed by atoms with E-state index in [0.29, 0.717) is 17.1 Å². The minimum absolute atomic E-state index is 0.0575. The molecule has 0 aliphatic heterocycles. The lowest BCUT2D eigenvalue weighted by atomic mass is 10.0. The number of nitrogens with one attached hydrogen (secondary N) is 1. The molecule has 0 heterocycles. The molecule has 0 aromatic heterocycles. The molecule has 2 aromatic carbocycles. The van der Waals surface area contributed by atoms with E-state index < -0.39 is 0 Å². The molecule has 0 unspecified atom stereocenters. The van der Waals surface area contributed by atoms with Crippen LogP contribution >= 0.6 is 11.6 Å². The Morgan fingerprint density at radius 1 is 1.13 bits per heavy atom. The molecule has 0 amide bonds. The second-order valence-corrected chi connectivity index (χ2v) is 6.59. The zero-order valence-corrected chi connectivity index (χ0v) is 14.6. The molecule has 0 atom stereocenters. The molecular formula is C19H23ClFNO. The third-order valence-corrected chi connectivity index (χ3v) is 4.40. The molecule has 0 fully saturated rings. The summed E-state index contributed by atoms with van der Waals surface area (Å²) in [6, 6.07) is 12.4. The Morgan fingerprint density at radius 3 is 2.57 bits per heavy atom. The number of hydrogen-bond acceptors (Lipinski definition) is 2. The number of halogens is 2. The number of benzene rings is 2. The summed E-state index contributed by atoms with van der Waals surface area (Å²) in [7, 11) is 0. The highest BCUT2D eigenvalue weighted by atomic mass is 35.5. The van der Waals surface area contributed by atoms with Crippen molar-refractivity contribution in [2.75, 3.05) is 0 Å². The Balaban J connectivity index is 2.09. The molecule has 2 nitrogen and oxygen atoms in total. The van der Waals surface area contributed by atoms with Gasteiger partial charge < -0.3 is 10.1 Å². The summed E-state index contributed by atoms with van der Waals surface area (Å²) in [5, 5.41) is 3.89. The van der Waals surface area contributed by atoms with Crippen LogP contribution in [0.3, 0.4) is 0 Å². The normalized spacial score (nSPS) is 11.5. The van der Waals surface area contributed by atoms with Gasteiger partial charge in [-0.25, -0.2) is 4.39 Å². The largest absolute Gasteiger partial charge is 0.488 e. The molecule has 23 heavy (non-hydrogen) atoms. The van der Waals surface area contributed by atoms with Crippen LogP contribution in [0.1, 0.15) is 38.3 Å². The molecular weight excluding hydrogens is 313 g/mol. The molecule has 124 valence electrons. The van der Waals surface area contributed by atoms with E-state index in [9.17, 15) is 4.39 Å². The van der Waals surface area contributed by atoms with Gasteiger partial charge in [-0.2, -0.15) is 0 Å². The Kier molecular flexibility index (Phi) is 6.03. The fraction of sp³-hybridized carbons (Fsp3) is 0.368. The van der Waals surface area contributed by atoms with Gasteiger partial charge in [-0.1, -0.05) is 42.8 Å². The SMILES string of the molecule is CCC(C)(C)NCc1ccccc1OCc1c(F)cccc1Cl. The van der Waals surface area contributed by atoms with Crippen LogP contribution in [-0.4, -0.2) is 5.54 Å². The summed E-state index contributed by atoms with van der Waals surface area (Å²) in [6.07, 6.45) is 1.03. The Labute approximate surface area is 142 Å². The van der Waals surface area contributed by atoms with E-state index in [1.54, 1.807) is 12.1 Å². The van der Waals surface area contributed by atoms with Crippen molar-refractivity contribution in [3.05, 3.63) is 64.4 Å². The van der Waals surface area contributed by atoms with E-state index in [-0.39, 0.29) is 18.0 Å². The molecule has 0 saturated heterocycles. The van der Waals surface area contributed by atoms with E-state index in [0.717, 1.165) is 17.7 Å². The fourth-order valence-electron chi connectivity index (χ4n) is 2.07. The van der Waals surface area contributed by atoms with Crippen LogP contribution in [-0.2, 0) is 13.2 Å². The molecule has 1 N–H and O–H groups in total. The van der Waals surface area contributed by atoms with Crippen LogP contribution in [0, 0.1) is 5.82 Å². The lowest BCUT2D eigenvalue weighted by molar-refractivity contribution is 0.293. The van der Waals surface area contributed by atoms with Gasteiger partial charge in [0.2, 0.25) is 0 Å². The van der Waals surface area contributed by atoms with Crippen LogP contribution in [0.25, 0.3) is 0 Å². The topological polar surface area (TPSA) is 21.3 Å². The van der Waals surface area contributed by atoms with Gasteiger partial charge in [0.15, 0.2) is 0 Å². The maximum Gasteiger partial charge on any atom is 0.131 e. The number of rotatable bonds is 7. The van der Waals surface area contributed by atoms with Crippen LogP contribution in [0.4, 0.5) is 4.39 Å². The lowest BCUT2D eigenvalue weighted by Crippen LogP contribution is -2.37. The first kappa shape index (κ1) is 17.8. The maximum absolute atomic E-state index is 13.8. The number of ether oxygens (including phenoxy) is 1.